The molecule has 5 nitrogen and oxygen atoms in total. The molecule has 0 aliphatic heterocycles. The van der Waals surface area contributed by atoms with E-state index in [4.69, 9.17) is 40.5 Å². The molecular formula is C16H20Cl3N4O+. The zero-order valence-corrected chi connectivity index (χ0v) is 15.4. The zero-order valence-electron chi connectivity index (χ0n) is 13.2. The largest absolute Gasteiger partial charge is 0.396 e. The van der Waals surface area contributed by atoms with Gasteiger partial charge in [0, 0.05) is 5.71 Å². The van der Waals surface area contributed by atoms with E-state index in [0.717, 1.165) is 30.9 Å². The van der Waals surface area contributed by atoms with Crippen LogP contribution in [0.15, 0.2) is 5.10 Å². The first kappa shape index (κ1) is 17.8. The number of aromatic amines is 1. The van der Waals surface area contributed by atoms with Crippen LogP contribution in [-0.2, 0) is 0 Å². The van der Waals surface area contributed by atoms with Crippen LogP contribution in [0.5, 0.6) is 0 Å². The summed E-state index contributed by atoms with van der Waals surface area (Å²) in [5.41, 5.74) is 9.47. The van der Waals surface area contributed by atoms with Crippen molar-refractivity contribution >= 4 is 52.1 Å². The minimum atomic E-state index is -0.483. The van der Waals surface area contributed by atoms with Gasteiger partial charge in [-0.25, -0.2) is 5.43 Å². The Kier molecular flexibility index (Phi) is 5.52. The molecule has 1 aromatic rings. The molecule has 0 spiro atoms. The highest BCUT2D eigenvalue weighted by molar-refractivity contribution is 6.45. The van der Waals surface area contributed by atoms with Crippen LogP contribution in [0, 0.1) is 11.8 Å². The van der Waals surface area contributed by atoms with Crippen LogP contribution in [0.25, 0.3) is 0 Å². The van der Waals surface area contributed by atoms with E-state index in [1.807, 2.05) is 0 Å². The molecule has 1 heterocycles. The third-order valence-corrected chi connectivity index (χ3v) is 6.20. The molecule has 0 radical (unpaired) electrons. The summed E-state index contributed by atoms with van der Waals surface area (Å²) in [7, 11) is 0. The van der Waals surface area contributed by atoms with E-state index in [1.165, 1.54) is 25.7 Å². The number of nitrogens with two attached hydrogens (primary N) is 1. The van der Waals surface area contributed by atoms with Gasteiger partial charge in [0.2, 0.25) is 0 Å². The van der Waals surface area contributed by atoms with Gasteiger partial charge in [-0.1, -0.05) is 42.5 Å². The van der Waals surface area contributed by atoms with Gasteiger partial charge in [0.05, 0.1) is 5.69 Å². The highest BCUT2D eigenvalue weighted by Gasteiger charge is 2.31. The number of H-pyrrole nitrogens is 1. The first-order valence-corrected chi connectivity index (χ1v) is 9.31. The number of nitrogens with one attached hydrogen (secondary N) is 2. The highest BCUT2D eigenvalue weighted by atomic mass is 35.5. The summed E-state index contributed by atoms with van der Waals surface area (Å²) in [5.74, 6) is 1.05. The number of aromatic nitrogens is 1. The number of fused-ring (bicyclic) bond motifs is 1. The molecule has 2 saturated carbocycles. The van der Waals surface area contributed by atoms with E-state index in [1.54, 1.807) is 0 Å². The third-order valence-electron chi connectivity index (χ3n) is 5.03. The van der Waals surface area contributed by atoms with Crippen LogP contribution in [-0.4, -0.2) is 11.6 Å². The van der Waals surface area contributed by atoms with Gasteiger partial charge in [-0.3, -0.25) is 4.79 Å². The number of rotatable bonds is 2. The highest BCUT2D eigenvalue weighted by Crippen LogP contribution is 2.39. The van der Waals surface area contributed by atoms with Gasteiger partial charge in [0.15, 0.2) is 0 Å². The lowest BCUT2D eigenvalue weighted by molar-refractivity contribution is -0.379. The van der Waals surface area contributed by atoms with Gasteiger partial charge in [0.25, 0.3) is 10.8 Å². The first-order valence-electron chi connectivity index (χ1n) is 8.18. The molecule has 2 aliphatic rings. The molecule has 0 bridgehead atoms. The Morgan fingerprint density at radius 1 is 1.12 bits per heavy atom. The van der Waals surface area contributed by atoms with E-state index in [2.05, 4.69) is 15.5 Å². The van der Waals surface area contributed by atoms with Crippen molar-refractivity contribution in [1.29, 1.82) is 0 Å². The fourth-order valence-corrected chi connectivity index (χ4v) is 4.32. The number of hydrogen-bond donors (Lipinski definition) is 2. The molecular weight excluding hydrogens is 371 g/mol. The smallest absolute Gasteiger partial charge is 0.337 e. The van der Waals surface area contributed by atoms with Crippen molar-refractivity contribution < 1.29 is 9.78 Å². The van der Waals surface area contributed by atoms with E-state index in [-0.39, 0.29) is 26.6 Å². The van der Waals surface area contributed by atoms with Gasteiger partial charge in [0.1, 0.15) is 10.0 Å². The topological polar surface area (TPSA) is 81.6 Å². The van der Waals surface area contributed by atoms with Crippen LogP contribution in [0.2, 0.25) is 15.2 Å². The Bertz CT molecular complexity index is 692. The number of carbonyl (C=O) groups is 1. The Labute approximate surface area is 155 Å². The Hall–Kier alpha value is -1.04. The fraction of sp³-hybridized carbons (Fsp3) is 0.562. The fourth-order valence-electron chi connectivity index (χ4n) is 3.70. The van der Waals surface area contributed by atoms with Gasteiger partial charge in [-0.2, -0.15) is 10.1 Å². The second-order valence-corrected chi connectivity index (χ2v) is 7.66. The summed E-state index contributed by atoms with van der Waals surface area (Å²) in [4.78, 5) is 15.0. The Balaban J connectivity index is 1.69. The minimum absolute atomic E-state index is 0.0399. The van der Waals surface area contributed by atoms with Crippen LogP contribution in [0.3, 0.4) is 0 Å². The number of amides is 1. The summed E-state index contributed by atoms with van der Waals surface area (Å²) < 4.78 is 0. The van der Waals surface area contributed by atoms with E-state index in [9.17, 15) is 4.79 Å². The van der Waals surface area contributed by atoms with Gasteiger partial charge < -0.3 is 5.73 Å². The second kappa shape index (κ2) is 7.46. The predicted molar refractivity (Wildman–Crippen MR) is 96.6 cm³/mol. The first-order chi connectivity index (χ1) is 11.5. The quantitative estimate of drug-likeness (QED) is 0.588. The molecule has 0 aromatic carbocycles. The molecule has 2 aliphatic carbocycles. The summed E-state index contributed by atoms with van der Waals surface area (Å²) >= 11 is 17.9. The molecule has 0 saturated heterocycles. The van der Waals surface area contributed by atoms with Crippen LogP contribution in [0.1, 0.15) is 55.4 Å². The standard InChI is InChI=1S/C16H19Cl3N4O/c17-11-13(20)12(18)15(19)21-14(11)16(24)23-22-10-6-5-8-3-1-2-4-9(8)7-10/h8-9H,1-7H2,(H2,20,21)(H,23,24)/p+1/b22-10+/t8-,9+/m0/s1. The maximum atomic E-state index is 12.3. The number of carbonyl (C=O) groups excluding carboxylic acids is 1. The summed E-state index contributed by atoms with van der Waals surface area (Å²) in [6, 6.07) is 0. The minimum Gasteiger partial charge on any atom is -0.396 e. The predicted octanol–water partition coefficient (Wildman–Crippen LogP) is 4.12. The van der Waals surface area contributed by atoms with Gasteiger partial charge >= 0.3 is 5.91 Å². The molecule has 1 aromatic heterocycles. The molecule has 2 atom stereocenters. The van der Waals surface area contributed by atoms with Crippen molar-refractivity contribution in [2.75, 3.05) is 5.73 Å². The zero-order chi connectivity index (χ0) is 17.3. The van der Waals surface area contributed by atoms with Crippen molar-refractivity contribution in [3.63, 3.8) is 0 Å². The second-order valence-electron chi connectivity index (χ2n) is 6.52. The lowest BCUT2D eigenvalue weighted by Crippen LogP contribution is -2.32. The van der Waals surface area contributed by atoms with E-state index < -0.39 is 5.91 Å². The van der Waals surface area contributed by atoms with Crippen LogP contribution >= 0.6 is 34.8 Å². The SMILES string of the molecule is Nc1c(Cl)c(Cl)[nH+]c(C(=O)N/N=C2\CC[C@@H]3CCCC[C@@H]3C2)c1Cl. The van der Waals surface area contributed by atoms with Gasteiger partial charge in [-0.15, -0.1) is 0 Å². The number of halogens is 3. The molecule has 0 unspecified atom stereocenters. The van der Waals surface area contributed by atoms with Crippen molar-refractivity contribution in [2.45, 2.75) is 44.9 Å². The lowest BCUT2D eigenvalue weighted by atomic mass is 9.70. The average molecular weight is 391 g/mol. The molecule has 2 fully saturated rings. The van der Waals surface area contributed by atoms with Gasteiger partial charge in [-0.05, 0) is 49.1 Å². The number of nitrogens with zero attached hydrogens (tertiary/aromatic N) is 1. The number of hydrogen-bond acceptors (Lipinski definition) is 3. The number of anilines is 1. The summed E-state index contributed by atoms with van der Waals surface area (Å²) in [6.07, 6.45) is 8.30. The molecule has 8 heteroatoms. The third kappa shape index (κ3) is 3.63. The molecule has 3 rings (SSSR count). The molecule has 1 amide bonds. The van der Waals surface area contributed by atoms with Crippen LogP contribution in [0.4, 0.5) is 5.69 Å². The Morgan fingerprint density at radius 3 is 2.58 bits per heavy atom. The van der Waals surface area contributed by atoms with Crippen LogP contribution < -0.4 is 16.1 Å². The number of pyridine rings is 1. The Morgan fingerprint density at radius 2 is 1.83 bits per heavy atom. The number of hydrazone groups is 1. The summed E-state index contributed by atoms with van der Waals surface area (Å²) in [6.45, 7) is 0. The van der Waals surface area contributed by atoms with Crippen molar-refractivity contribution in [1.82, 2.24) is 5.43 Å². The average Bonchev–Trinajstić information content (AvgIpc) is 2.60. The van der Waals surface area contributed by atoms with E-state index >= 15 is 0 Å². The van der Waals surface area contributed by atoms with Crippen molar-refractivity contribution in [3.05, 3.63) is 20.9 Å². The molecule has 4 N–H and O–H groups in total. The van der Waals surface area contributed by atoms with E-state index in [0.29, 0.717) is 5.92 Å². The molecule has 24 heavy (non-hydrogen) atoms. The number of nitrogen functional groups attached to an aromatic ring is 1. The van der Waals surface area contributed by atoms with Crippen molar-refractivity contribution in [2.24, 2.45) is 16.9 Å². The lowest BCUT2D eigenvalue weighted by Gasteiger charge is -2.35. The monoisotopic (exact) mass is 389 g/mol. The maximum Gasteiger partial charge on any atom is 0.337 e. The normalized spacial score (nSPS) is 25.4. The maximum absolute atomic E-state index is 12.3. The summed E-state index contributed by atoms with van der Waals surface area (Å²) in [5, 5.41) is 4.50. The van der Waals surface area contributed by atoms with Crippen molar-refractivity contribution in [3.8, 4) is 0 Å². The molecule has 130 valence electrons.